The Morgan fingerprint density at radius 3 is 2.73 bits per heavy atom. The molecule has 0 spiro atoms. The molecule has 3 heteroatoms. The molecule has 0 radical (unpaired) electrons. The summed E-state index contributed by atoms with van der Waals surface area (Å²) in [5.41, 5.74) is 0.460. The molecule has 88 valence electrons. The summed E-state index contributed by atoms with van der Waals surface area (Å²) < 4.78 is 5.00. The summed E-state index contributed by atoms with van der Waals surface area (Å²) in [5, 5.41) is 3.37. The molecule has 0 aromatic heterocycles. The van der Waals surface area contributed by atoms with Crippen molar-refractivity contribution >= 4 is 5.97 Å². The Kier molecular flexibility index (Phi) is 8.01. The third kappa shape index (κ3) is 8.18. The molecule has 0 aliphatic heterocycles. The van der Waals surface area contributed by atoms with Gasteiger partial charge >= 0.3 is 5.97 Å². The fourth-order valence-electron chi connectivity index (χ4n) is 1.08. The molecule has 0 aromatic carbocycles. The Morgan fingerprint density at radius 1 is 1.53 bits per heavy atom. The first-order valence-corrected chi connectivity index (χ1v) is 5.64. The zero-order valence-corrected chi connectivity index (χ0v) is 10.1. The van der Waals surface area contributed by atoms with Crippen molar-refractivity contribution in [1.29, 1.82) is 0 Å². The van der Waals surface area contributed by atoms with Crippen molar-refractivity contribution in [2.75, 3.05) is 13.2 Å². The van der Waals surface area contributed by atoms with Crippen LogP contribution in [0.5, 0.6) is 0 Å². The molecule has 0 saturated heterocycles. The van der Waals surface area contributed by atoms with Crippen LogP contribution in [0.2, 0.25) is 0 Å². The molecule has 0 aliphatic carbocycles. The van der Waals surface area contributed by atoms with Crippen LogP contribution < -0.4 is 5.32 Å². The second kappa shape index (κ2) is 8.48. The van der Waals surface area contributed by atoms with Gasteiger partial charge in [-0.3, -0.25) is 0 Å². The van der Waals surface area contributed by atoms with Crippen molar-refractivity contribution in [3.05, 3.63) is 12.2 Å². The summed E-state index contributed by atoms with van der Waals surface area (Å²) in [4.78, 5) is 11.0. The van der Waals surface area contributed by atoms with Crippen LogP contribution in [-0.4, -0.2) is 25.2 Å². The van der Waals surface area contributed by atoms with E-state index in [0.29, 0.717) is 18.2 Å². The van der Waals surface area contributed by atoms with Gasteiger partial charge in [-0.25, -0.2) is 4.79 Å². The van der Waals surface area contributed by atoms with Gasteiger partial charge in [0.1, 0.15) is 0 Å². The zero-order chi connectivity index (χ0) is 11.7. The van der Waals surface area contributed by atoms with E-state index >= 15 is 0 Å². The van der Waals surface area contributed by atoms with Gasteiger partial charge in [0, 0.05) is 11.6 Å². The number of rotatable bonds is 8. The van der Waals surface area contributed by atoms with E-state index in [0.717, 1.165) is 13.0 Å². The van der Waals surface area contributed by atoms with E-state index in [1.807, 2.05) is 0 Å². The summed E-state index contributed by atoms with van der Waals surface area (Å²) in [6.07, 6.45) is 3.24. The lowest BCUT2D eigenvalue weighted by atomic mass is 10.2. The normalized spacial score (nSPS) is 12.2. The van der Waals surface area contributed by atoms with Crippen LogP contribution in [-0.2, 0) is 9.53 Å². The predicted molar refractivity (Wildman–Crippen MR) is 62.8 cm³/mol. The molecule has 0 aliphatic rings. The molecule has 0 amide bonds. The summed E-state index contributed by atoms with van der Waals surface area (Å²) in [6, 6.07) is 0.398. The van der Waals surface area contributed by atoms with Crippen LogP contribution in [0.25, 0.3) is 0 Å². The Morgan fingerprint density at radius 2 is 2.20 bits per heavy atom. The minimum atomic E-state index is -0.296. The molecule has 0 fully saturated rings. The zero-order valence-electron chi connectivity index (χ0n) is 10.1. The molecule has 1 atom stereocenters. The summed E-state index contributed by atoms with van der Waals surface area (Å²) in [6.45, 7) is 10.9. The summed E-state index contributed by atoms with van der Waals surface area (Å²) in [7, 11) is 0. The van der Waals surface area contributed by atoms with Gasteiger partial charge in [0.25, 0.3) is 0 Å². The Bertz CT molecular complexity index is 202. The van der Waals surface area contributed by atoms with Crippen LogP contribution in [0.15, 0.2) is 12.2 Å². The first kappa shape index (κ1) is 14.2. The highest BCUT2D eigenvalue weighted by Crippen LogP contribution is 1.97. The van der Waals surface area contributed by atoms with E-state index in [9.17, 15) is 4.79 Å². The van der Waals surface area contributed by atoms with Gasteiger partial charge in [-0.2, -0.15) is 0 Å². The molecule has 15 heavy (non-hydrogen) atoms. The first-order valence-electron chi connectivity index (χ1n) is 5.64. The molecule has 0 aromatic rings. The van der Waals surface area contributed by atoms with Crippen LogP contribution in [0.4, 0.5) is 0 Å². The monoisotopic (exact) mass is 213 g/mol. The van der Waals surface area contributed by atoms with Crippen molar-refractivity contribution in [2.45, 2.75) is 46.1 Å². The van der Waals surface area contributed by atoms with E-state index in [1.54, 1.807) is 6.92 Å². The SMILES string of the molecule is C=C(C)C(=O)OCCC(C)NCCCC. The molecule has 0 rings (SSSR count). The lowest BCUT2D eigenvalue weighted by Gasteiger charge is -2.13. The van der Waals surface area contributed by atoms with Gasteiger partial charge in [-0.1, -0.05) is 19.9 Å². The fraction of sp³-hybridized carbons (Fsp3) is 0.750. The van der Waals surface area contributed by atoms with Gasteiger partial charge < -0.3 is 10.1 Å². The number of carbonyl (C=O) groups excluding carboxylic acids is 1. The van der Waals surface area contributed by atoms with E-state index in [4.69, 9.17) is 4.74 Å². The van der Waals surface area contributed by atoms with Crippen LogP contribution in [0, 0.1) is 0 Å². The topological polar surface area (TPSA) is 38.3 Å². The maximum atomic E-state index is 11.0. The molecular formula is C12H23NO2. The van der Waals surface area contributed by atoms with E-state index in [2.05, 4.69) is 25.7 Å². The standard InChI is InChI=1S/C12H23NO2/c1-5-6-8-13-11(4)7-9-15-12(14)10(2)3/h11,13H,2,5-9H2,1,3-4H3. The minimum Gasteiger partial charge on any atom is -0.462 e. The average molecular weight is 213 g/mol. The van der Waals surface area contributed by atoms with Gasteiger partial charge in [0.05, 0.1) is 6.61 Å². The van der Waals surface area contributed by atoms with Crippen molar-refractivity contribution < 1.29 is 9.53 Å². The predicted octanol–water partition coefficient (Wildman–Crippen LogP) is 2.27. The minimum absolute atomic E-state index is 0.296. The van der Waals surface area contributed by atoms with Crippen LogP contribution >= 0.6 is 0 Å². The number of unbranched alkanes of at least 4 members (excludes halogenated alkanes) is 1. The number of hydrogen-bond donors (Lipinski definition) is 1. The van der Waals surface area contributed by atoms with Gasteiger partial charge in [0.2, 0.25) is 0 Å². The van der Waals surface area contributed by atoms with E-state index in [1.165, 1.54) is 12.8 Å². The number of hydrogen-bond acceptors (Lipinski definition) is 3. The number of nitrogens with one attached hydrogen (secondary N) is 1. The Labute approximate surface area is 92.9 Å². The third-order valence-corrected chi connectivity index (χ3v) is 2.16. The lowest BCUT2D eigenvalue weighted by Crippen LogP contribution is -2.28. The quantitative estimate of drug-likeness (QED) is 0.382. The van der Waals surface area contributed by atoms with E-state index < -0.39 is 0 Å². The Hall–Kier alpha value is -0.830. The number of ether oxygens (including phenoxy) is 1. The van der Waals surface area contributed by atoms with Crippen molar-refractivity contribution in [3.8, 4) is 0 Å². The Balaban J connectivity index is 3.42. The number of esters is 1. The van der Waals surface area contributed by atoms with Crippen molar-refractivity contribution in [2.24, 2.45) is 0 Å². The molecule has 0 heterocycles. The summed E-state index contributed by atoms with van der Waals surface area (Å²) in [5.74, 6) is -0.296. The second-order valence-electron chi connectivity index (χ2n) is 3.91. The van der Waals surface area contributed by atoms with Crippen LogP contribution in [0.3, 0.4) is 0 Å². The first-order chi connectivity index (χ1) is 7.07. The molecule has 0 saturated carbocycles. The highest BCUT2D eigenvalue weighted by Gasteiger charge is 2.05. The molecular weight excluding hydrogens is 190 g/mol. The fourth-order valence-corrected chi connectivity index (χ4v) is 1.08. The highest BCUT2D eigenvalue weighted by atomic mass is 16.5. The molecule has 3 nitrogen and oxygen atoms in total. The van der Waals surface area contributed by atoms with Gasteiger partial charge in [-0.15, -0.1) is 0 Å². The molecule has 0 bridgehead atoms. The number of carbonyl (C=O) groups is 1. The maximum Gasteiger partial charge on any atom is 0.333 e. The molecule has 1 N–H and O–H groups in total. The summed E-state index contributed by atoms with van der Waals surface area (Å²) >= 11 is 0. The smallest absolute Gasteiger partial charge is 0.333 e. The largest absolute Gasteiger partial charge is 0.462 e. The van der Waals surface area contributed by atoms with Gasteiger partial charge in [-0.05, 0) is 33.2 Å². The van der Waals surface area contributed by atoms with Crippen LogP contribution in [0.1, 0.15) is 40.0 Å². The van der Waals surface area contributed by atoms with Crippen molar-refractivity contribution in [1.82, 2.24) is 5.32 Å². The van der Waals surface area contributed by atoms with Crippen molar-refractivity contribution in [3.63, 3.8) is 0 Å². The third-order valence-electron chi connectivity index (χ3n) is 2.16. The average Bonchev–Trinajstić information content (AvgIpc) is 2.18. The van der Waals surface area contributed by atoms with Gasteiger partial charge in [0.15, 0.2) is 0 Å². The molecule has 1 unspecified atom stereocenters. The second-order valence-corrected chi connectivity index (χ2v) is 3.91. The highest BCUT2D eigenvalue weighted by molar-refractivity contribution is 5.86. The maximum absolute atomic E-state index is 11.0. The van der Waals surface area contributed by atoms with E-state index in [-0.39, 0.29) is 5.97 Å². The lowest BCUT2D eigenvalue weighted by molar-refractivity contribution is -0.139.